The van der Waals surface area contributed by atoms with Crippen LogP contribution in [0.25, 0.3) is 11.0 Å². The molecule has 0 saturated heterocycles. The van der Waals surface area contributed by atoms with Gasteiger partial charge in [-0.1, -0.05) is 32.5 Å². The smallest absolute Gasteiger partial charge is 0.332 e. The van der Waals surface area contributed by atoms with E-state index in [1.54, 1.807) is 11.5 Å². The summed E-state index contributed by atoms with van der Waals surface area (Å²) in [5.74, 6) is 1.95. The maximum absolute atomic E-state index is 12.8. The first-order valence-electron chi connectivity index (χ1n) is 8.76. The van der Waals surface area contributed by atoms with Crippen LogP contribution in [0.4, 0.5) is 0 Å². The van der Waals surface area contributed by atoms with Crippen LogP contribution in [0.3, 0.4) is 0 Å². The van der Waals surface area contributed by atoms with Gasteiger partial charge in [-0.3, -0.25) is 13.9 Å². The Bertz CT molecular complexity index is 1100. The van der Waals surface area contributed by atoms with Crippen molar-refractivity contribution in [2.75, 3.05) is 0 Å². The normalized spacial score (nSPS) is 11.6. The highest BCUT2D eigenvalue weighted by Gasteiger charge is 2.20. The molecule has 0 aromatic carbocycles. The van der Waals surface area contributed by atoms with E-state index in [4.69, 9.17) is 4.42 Å². The first-order chi connectivity index (χ1) is 12.8. The summed E-state index contributed by atoms with van der Waals surface area (Å²) < 4.78 is 8.06. The summed E-state index contributed by atoms with van der Waals surface area (Å²) in [4.78, 5) is 34.6. The first-order valence-corrected chi connectivity index (χ1v) is 9.75. The molecule has 0 amide bonds. The molecule has 9 nitrogen and oxygen atoms in total. The fourth-order valence-electron chi connectivity index (χ4n) is 2.67. The van der Waals surface area contributed by atoms with E-state index < -0.39 is 5.56 Å². The van der Waals surface area contributed by atoms with Crippen LogP contribution in [-0.2, 0) is 19.3 Å². The van der Waals surface area contributed by atoms with Crippen LogP contribution in [-0.4, -0.2) is 29.3 Å². The molecule has 0 radical (unpaired) electrons. The number of nitrogens with zero attached hydrogens (tertiary/aromatic N) is 6. The molecular weight excluding hydrogens is 368 g/mol. The number of fused-ring (bicyclic) bond motifs is 1. The predicted octanol–water partition coefficient (Wildman–Crippen LogP) is 2.01. The van der Waals surface area contributed by atoms with Gasteiger partial charge < -0.3 is 4.42 Å². The van der Waals surface area contributed by atoms with Gasteiger partial charge in [-0.2, -0.15) is 0 Å². The molecule has 0 saturated carbocycles. The molecule has 10 heteroatoms. The molecule has 144 valence electrons. The van der Waals surface area contributed by atoms with Gasteiger partial charge in [-0.15, -0.1) is 10.2 Å². The molecule has 0 aliphatic heterocycles. The SMILES string of the molecule is CCCn1c(=O)n(C)c(=O)c2c(SCc3nnc(C)o3)nc(C(C)C)nc21. The molecule has 0 fully saturated rings. The topological polar surface area (TPSA) is 109 Å². The third-order valence-electron chi connectivity index (χ3n) is 4.03. The molecule has 0 bridgehead atoms. The Labute approximate surface area is 159 Å². The van der Waals surface area contributed by atoms with Crippen LogP contribution in [0.5, 0.6) is 0 Å². The molecule has 0 spiro atoms. The lowest BCUT2D eigenvalue weighted by molar-refractivity contribution is 0.485. The Morgan fingerprint density at radius 2 is 1.93 bits per heavy atom. The Morgan fingerprint density at radius 3 is 2.52 bits per heavy atom. The van der Waals surface area contributed by atoms with Crippen molar-refractivity contribution in [1.29, 1.82) is 0 Å². The maximum atomic E-state index is 12.8. The van der Waals surface area contributed by atoms with Crippen LogP contribution in [0.15, 0.2) is 19.0 Å². The molecule has 0 unspecified atom stereocenters. The van der Waals surface area contributed by atoms with E-state index in [9.17, 15) is 9.59 Å². The second-order valence-electron chi connectivity index (χ2n) is 6.54. The lowest BCUT2D eigenvalue weighted by Crippen LogP contribution is -2.39. The fourth-order valence-corrected chi connectivity index (χ4v) is 3.53. The van der Waals surface area contributed by atoms with E-state index >= 15 is 0 Å². The maximum Gasteiger partial charge on any atom is 0.332 e. The molecule has 3 aromatic rings. The second-order valence-corrected chi connectivity index (χ2v) is 7.51. The van der Waals surface area contributed by atoms with Crippen molar-refractivity contribution in [2.24, 2.45) is 7.05 Å². The van der Waals surface area contributed by atoms with E-state index in [-0.39, 0.29) is 11.6 Å². The Morgan fingerprint density at radius 1 is 1.19 bits per heavy atom. The molecule has 3 rings (SSSR count). The molecular formula is C17H22N6O3S. The van der Waals surface area contributed by atoms with Gasteiger partial charge in [0.15, 0.2) is 5.65 Å². The van der Waals surface area contributed by atoms with Crippen molar-refractivity contribution in [1.82, 2.24) is 29.3 Å². The van der Waals surface area contributed by atoms with Crippen LogP contribution in [0, 0.1) is 6.92 Å². The predicted molar refractivity (Wildman–Crippen MR) is 102 cm³/mol. The van der Waals surface area contributed by atoms with Gasteiger partial charge in [-0.25, -0.2) is 14.8 Å². The number of hydrogen-bond donors (Lipinski definition) is 0. The van der Waals surface area contributed by atoms with Crippen molar-refractivity contribution in [3.8, 4) is 0 Å². The highest BCUT2D eigenvalue weighted by molar-refractivity contribution is 7.98. The summed E-state index contributed by atoms with van der Waals surface area (Å²) in [6.45, 7) is 8.12. The van der Waals surface area contributed by atoms with Crippen LogP contribution in [0.2, 0.25) is 0 Å². The van der Waals surface area contributed by atoms with Gasteiger partial charge in [0.1, 0.15) is 16.2 Å². The summed E-state index contributed by atoms with van der Waals surface area (Å²) in [6, 6.07) is 0. The number of hydrogen-bond acceptors (Lipinski definition) is 8. The summed E-state index contributed by atoms with van der Waals surface area (Å²) in [6.07, 6.45) is 0.748. The van der Waals surface area contributed by atoms with Crippen molar-refractivity contribution >= 4 is 22.8 Å². The van der Waals surface area contributed by atoms with Crippen LogP contribution < -0.4 is 11.2 Å². The summed E-state index contributed by atoms with van der Waals surface area (Å²) in [7, 11) is 1.47. The molecule has 3 heterocycles. The van der Waals surface area contributed by atoms with Gasteiger partial charge in [0.25, 0.3) is 5.56 Å². The Hall–Kier alpha value is -2.49. The lowest BCUT2D eigenvalue weighted by Gasteiger charge is -2.14. The van der Waals surface area contributed by atoms with E-state index in [0.717, 1.165) is 11.0 Å². The van der Waals surface area contributed by atoms with Crippen LogP contribution >= 0.6 is 11.8 Å². The number of thioether (sulfide) groups is 1. The fraction of sp³-hybridized carbons (Fsp3) is 0.529. The highest BCUT2D eigenvalue weighted by atomic mass is 32.2. The first kappa shape index (κ1) is 19.3. The zero-order valence-electron chi connectivity index (χ0n) is 16.0. The van der Waals surface area contributed by atoms with E-state index in [0.29, 0.717) is 46.0 Å². The van der Waals surface area contributed by atoms with Crippen LogP contribution in [0.1, 0.15) is 50.7 Å². The monoisotopic (exact) mass is 390 g/mol. The highest BCUT2D eigenvalue weighted by Crippen LogP contribution is 2.27. The zero-order chi connectivity index (χ0) is 19.7. The standard InChI is InChI=1S/C17H22N6O3S/c1-6-7-23-14-12(16(24)22(5)17(23)25)15(19-13(18-14)9(2)3)27-8-11-21-20-10(4)26-11/h9H,6-8H2,1-5H3. The van der Waals surface area contributed by atoms with E-state index in [2.05, 4.69) is 20.2 Å². The summed E-state index contributed by atoms with van der Waals surface area (Å²) in [5.41, 5.74) is -0.388. The van der Waals surface area contributed by atoms with Gasteiger partial charge >= 0.3 is 5.69 Å². The third-order valence-corrected chi connectivity index (χ3v) is 4.99. The van der Waals surface area contributed by atoms with Crippen molar-refractivity contribution in [2.45, 2.75) is 57.4 Å². The average Bonchev–Trinajstić information content (AvgIpc) is 3.06. The minimum Gasteiger partial charge on any atom is -0.425 e. The van der Waals surface area contributed by atoms with Gasteiger partial charge in [0.2, 0.25) is 11.8 Å². The zero-order valence-corrected chi connectivity index (χ0v) is 16.8. The average molecular weight is 390 g/mol. The lowest BCUT2D eigenvalue weighted by atomic mass is 10.2. The Balaban J connectivity index is 2.23. The quantitative estimate of drug-likeness (QED) is 0.464. The van der Waals surface area contributed by atoms with Gasteiger partial charge in [0.05, 0.1) is 5.75 Å². The Kier molecular flexibility index (Phi) is 5.45. The molecule has 0 aliphatic carbocycles. The summed E-state index contributed by atoms with van der Waals surface area (Å²) >= 11 is 1.33. The summed E-state index contributed by atoms with van der Waals surface area (Å²) in [5, 5.41) is 8.66. The molecule has 0 atom stereocenters. The largest absolute Gasteiger partial charge is 0.425 e. The minimum atomic E-state index is -0.401. The molecule has 3 aromatic heterocycles. The second kappa shape index (κ2) is 7.63. The van der Waals surface area contributed by atoms with Crippen molar-refractivity contribution in [3.63, 3.8) is 0 Å². The molecule has 0 N–H and O–H groups in total. The number of aromatic nitrogens is 6. The number of aryl methyl sites for hydroxylation is 2. The molecule has 0 aliphatic rings. The third kappa shape index (κ3) is 3.66. The van der Waals surface area contributed by atoms with Gasteiger partial charge in [-0.05, 0) is 6.42 Å². The minimum absolute atomic E-state index is 0.0497. The van der Waals surface area contributed by atoms with E-state index in [1.165, 1.54) is 18.8 Å². The van der Waals surface area contributed by atoms with E-state index in [1.807, 2.05) is 20.8 Å². The molecule has 27 heavy (non-hydrogen) atoms. The van der Waals surface area contributed by atoms with Gasteiger partial charge in [0, 0.05) is 26.4 Å². The number of rotatable bonds is 6. The van der Waals surface area contributed by atoms with Crippen molar-refractivity contribution < 1.29 is 4.42 Å². The van der Waals surface area contributed by atoms with Crippen molar-refractivity contribution in [3.05, 3.63) is 38.4 Å².